The second kappa shape index (κ2) is 7.46. The Labute approximate surface area is 127 Å². The quantitative estimate of drug-likeness (QED) is 0.756. The Morgan fingerprint density at radius 3 is 2.95 bits per heavy atom. The Kier molecular flexibility index (Phi) is 5.62. The van der Waals surface area contributed by atoms with E-state index >= 15 is 0 Å². The van der Waals surface area contributed by atoms with Crippen molar-refractivity contribution in [3.05, 3.63) is 23.8 Å². The summed E-state index contributed by atoms with van der Waals surface area (Å²) < 4.78 is 11.7. The number of hydrogen-bond acceptors (Lipinski definition) is 4. The van der Waals surface area contributed by atoms with Gasteiger partial charge in [-0.05, 0) is 38.4 Å². The fourth-order valence-electron chi connectivity index (χ4n) is 2.90. The van der Waals surface area contributed by atoms with Gasteiger partial charge in [-0.25, -0.2) is 0 Å². The highest BCUT2D eigenvalue weighted by Gasteiger charge is 2.22. The molecule has 2 unspecified atom stereocenters. The summed E-state index contributed by atoms with van der Waals surface area (Å²) in [5.74, 6) is 1.68. The van der Waals surface area contributed by atoms with Crippen LogP contribution in [0.4, 0.5) is 0 Å². The van der Waals surface area contributed by atoms with Crippen molar-refractivity contribution in [2.45, 2.75) is 38.2 Å². The molecule has 1 fully saturated rings. The van der Waals surface area contributed by atoms with E-state index in [0.717, 1.165) is 49.3 Å². The van der Waals surface area contributed by atoms with Gasteiger partial charge in [0.05, 0.1) is 7.11 Å². The van der Waals surface area contributed by atoms with E-state index in [4.69, 9.17) is 9.47 Å². The first kappa shape index (κ1) is 15.8. The molecule has 1 aromatic carbocycles. The summed E-state index contributed by atoms with van der Waals surface area (Å²) in [5.41, 5.74) is 1.03. The number of carbonyl (C=O) groups excluding carboxylic acids is 1. The summed E-state index contributed by atoms with van der Waals surface area (Å²) in [4.78, 5) is 13.0. The van der Waals surface area contributed by atoms with Crippen molar-refractivity contribution in [2.75, 3.05) is 27.2 Å². The van der Waals surface area contributed by atoms with E-state index in [0.29, 0.717) is 6.42 Å². The summed E-state index contributed by atoms with van der Waals surface area (Å²) in [6, 6.07) is 5.93. The third-order valence-corrected chi connectivity index (χ3v) is 4.07. The maximum atomic E-state index is 10.7. The lowest BCUT2D eigenvalue weighted by molar-refractivity contribution is -0.108. The van der Waals surface area contributed by atoms with Gasteiger partial charge in [0.15, 0.2) is 11.5 Å². The molecule has 0 radical (unpaired) electrons. The number of methoxy groups -OCH3 is 1. The molecule has 0 bridgehead atoms. The van der Waals surface area contributed by atoms with Crippen molar-refractivity contribution in [3.8, 4) is 11.5 Å². The molecule has 0 N–H and O–H groups in total. The van der Waals surface area contributed by atoms with Crippen molar-refractivity contribution in [2.24, 2.45) is 0 Å². The molecule has 4 heteroatoms. The van der Waals surface area contributed by atoms with Crippen LogP contribution in [0.3, 0.4) is 0 Å². The van der Waals surface area contributed by atoms with Crippen molar-refractivity contribution in [3.63, 3.8) is 0 Å². The number of aldehydes is 1. The average Bonchev–Trinajstić information content (AvgIpc) is 2.47. The Balaban J connectivity index is 2.18. The monoisotopic (exact) mass is 291 g/mol. The van der Waals surface area contributed by atoms with Crippen LogP contribution >= 0.6 is 0 Å². The number of likely N-dealkylation sites (N-methyl/N-ethyl adjacent to an activating group) is 1. The summed E-state index contributed by atoms with van der Waals surface area (Å²) in [6.45, 7) is 4.11. The molecule has 116 valence electrons. The lowest BCUT2D eigenvalue weighted by Gasteiger charge is -2.30. The van der Waals surface area contributed by atoms with Crippen LogP contribution in [-0.4, -0.2) is 44.5 Å². The van der Waals surface area contributed by atoms with Gasteiger partial charge in [0.25, 0.3) is 0 Å². The van der Waals surface area contributed by atoms with Crippen LogP contribution in [-0.2, 0) is 4.79 Å². The zero-order chi connectivity index (χ0) is 15.2. The molecule has 0 aromatic heterocycles. The first-order valence-corrected chi connectivity index (χ1v) is 7.61. The van der Waals surface area contributed by atoms with E-state index in [-0.39, 0.29) is 12.0 Å². The number of rotatable bonds is 6. The number of benzene rings is 1. The lowest BCUT2D eigenvalue weighted by Crippen LogP contribution is -2.38. The second-order valence-electron chi connectivity index (χ2n) is 5.83. The molecule has 4 nitrogen and oxygen atoms in total. The maximum absolute atomic E-state index is 10.7. The van der Waals surface area contributed by atoms with E-state index < -0.39 is 0 Å². The van der Waals surface area contributed by atoms with E-state index in [1.165, 1.54) is 0 Å². The third-order valence-electron chi connectivity index (χ3n) is 4.07. The van der Waals surface area contributed by atoms with Gasteiger partial charge in [-0.2, -0.15) is 0 Å². The minimum absolute atomic E-state index is 0.134. The van der Waals surface area contributed by atoms with Crippen LogP contribution in [0.15, 0.2) is 18.2 Å². The van der Waals surface area contributed by atoms with Gasteiger partial charge in [0, 0.05) is 18.5 Å². The molecule has 0 amide bonds. The average molecular weight is 291 g/mol. The minimum atomic E-state index is 0.134. The van der Waals surface area contributed by atoms with Crippen LogP contribution in [0, 0.1) is 0 Å². The summed E-state index contributed by atoms with van der Waals surface area (Å²) in [6.07, 6.45) is 3.88. The van der Waals surface area contributed by atoms with Crippen LogP contribution < -0.4 is 9.47 Å². The standard InChI is InChI=1S/C17H25NO3/c1-13(9-11-19)15-7-4-8-16(17(15)20-3)21-14-6-5-10-18(2)12-14/h4,7-8,11,13-14H,5-6,9-10,12H2,1-3H3. The Morgan fingerprint density at radius 2 is 2.29 bits per heavy atom. The normalized spacial score (nSPS) is 20.8. The first-order valence-electron chi connectivity index (χ1n) is 7.61. The zero-order valence-corrected chi connectivity index (χ0v) is 13.2. The number of piperidine rings is 1. The molecule has 1 aliphatic rings. The number of ether oxygens (including phenoxy) is 2. The van der Waals surface area contributed by atoms with Gasteiger partial charge in [-0.1, -0.05) is 19.1 Å². The lowest BCUT2D eigenvalue weighted by atomic mass is 9.97. The SMILES string of the molecule is COc1c(OC2CCCN(C)C2)cccc1C(C)CC=O. The topological polar surface area (TPSA) is 38.8 Å². The molecule has 0 saturated carbocycles. The highest BCUT2D eigenvalue weighted by molar-refractivity contribution is 5.55. The van der Waals surface area contributed by atoms with Crippen LogP contribution in [0.2, 0.25) is 0 Å². The molecule has 1 aliphatic heterocycles. The number of nitrogens with zero attached hydrogens (tertiary/aromatic N) is 1. The third kappa shape index (κ3) is 3.97. The highest BCUT2D eigenvalue weighted by atomic mass is 16.5. The predicted octanol–water partition coefficient (Wildman–Crippen LogP) is 2.86. The molecule has 0 spiro atoms. The fraction of sp³-hybridized carbons (Fsp3) is 0.588. The van der Waals surface area contributed by atoms with E-state index in [2.05, 4.69) is 11.9 Å². The summed E-state index contributed by atoms with van der Waals surface area (Å²) in [5, 5.41) is 0. The predicted molar refractivity (Wildman–Crippen MR) is 83.2 cm³/mol. The van der Waals surface area contributed by atoms with Gasteiger partial charge in [-0.3, -0.25) is 0 Å². The smallest absolute Gasteiger partial charge is 0.164 e. The van der Waals surface area contributed by atoms with E-state index in [1.54, 1.807) is 7.11 Å². The van der Waals surface area contributed by atoms with Crippen molar-refractivity contribution in [1.82, 2.24) is 4.90 Å². The van der Waals surface area contributed by atoms with Crippen LogP contribution in [0.1, 0.15) is 37.7 Å². The van der Waals surface area contributed by atoms with Crippen LogP contribution in [0.5, 0.6) is 11.5 Å². The summed E-state index contributed by atoms with van der Waals surface area (Å²) in [7, 11) is 3.78. The number of carbonyl (C=O) groups is 1. The van der Waals surface area contributed by atoms with E-state index in [9.17, 15) is 4.79 Å². The van der Waals surface area contributed by atoms with Gasteiger partial charge in [0.1, 0.15) is 12.4 Å². The molecule has 2 atom stereocenters. The largest absolute Gasteiger partial charge is 0.493 e. The highest BCUT2D eigenvalue weighted by Crippen LogP contribution is 2.37. The number of hydrogen-bond donors (Lipinski definition) is 0. The van der Waals surface area contributed by atoms with Gasteiger partial charge in [0.2, 0.25) is 0 Å². The Hall–Kier alpha value is -1.55. The Morgan fingerprint density at radius 1 is 1.48 bits per heavy atom. The Bertz CT molecular complexity index is 475. The zero-order valence-electron chi connectivity index (χ0n) is 13.2. The number of para-hydroxylation sites is 1. The first-order chi connectivity index (χ1) is 10.2. The molecule has 0 aliphatic carbocycles. The van der Waals surface area contributed by atoms with Gasteiger partial charge >= 0.3 is 0 Å². The van der Waals surface area contributed by atoms with Crippen molar-refractivity contribution < 1.29 is 14.3 Å². The second-order valence-corrected chi connectivity index (χ2v) is 5.83. The van der Waals surface area contributed by atoms with Crippen molar-refractivity contribution >= 4 is 6.29 Å². The molecular formula is C17H25NO3. The molecule has 1 aromatic rings. The van der Waals surface area contributed by atoms with Crippen LogP contribution in [0.25, 0.3) is 0 Å². The van der Waals surface area contributed by atoms with Crippen molar-refractivity contribution in [1.29, 1.82) is 0 Å². The summed E-state index contributed by atoms with van der Waals surface area (Å²) >= 11 is 0. The molecule has 1 heterocycles. The fourth-order valence-corrected chi connectivity index (χ4v) is 2.90. The number of likely N-dealkylation sites (tertiary alicyclic amines) is 1. The van der Waals surface area contributed by atoms with Gasteiger partial charge in [-0.15, -0.1) is 0 Å². The van der Waals surface area contributed by atoms with Gasteiger partial charge < -0.3 is 19.2 Å². The molecule has 21 heavy (non-hydrogen) atoms. The minimum Gasteiger partial charge on any atom is -0.493 e. The molecule has 2 rings (SSSR count). The molecule has 1 saturated heterocycles. The molecular weight excluding hydrogens is 266 g/mol. The van der Waals surface area contributed by atoms with E-state index in [1.807, 2.05) is 25.1 Å². The maximum Gasteiger partial charge on any atom is 0.164 e.